The van der Waals surface area contributed by atoms with E-state index in [0.29, 0.717) is 5.75 Å². The molecule has 3 heterocycles. The zero-order valence-electron chi connectivity index (χ0n) is 19.5. The number of fused-ring (bicyclic) bond motifs is 1. The van der Waals surface area contributed by atoms with Crippen LogP contribution in [0.25, 0.3) is 0 Å². The van der Waals surface area contributed by atoms with Gasteiger partial charge in [-0.2, -0.15) is 13.2 Å². The van der Waals surface area contributed by atoms with Gasteiger partial charge in [-0.1, -0.05) is 6.07 Å². The first-order valence-electron chi connectivity index (χ1n) is 10.6. The van der Waals surface area contributed by atoms with E-state index in [-0.39, 0.29) is 34.0 Å². The summed E-state index contributed by atoms with van der Waals surface area (Å²) < 4.78 is 93.3. The Labute approximate surface area is 222 Å². The summed E-state index contributed by atoms with van der Waals surface area (Å²) in [6, 6.07) is 8.64. The Morgan fingerprint density at radius 2 is 1.68 bits per heavy atom. The number of hydrogen-bond donors (Lipinski definition) is 3. The third kappa shape index (κ3) is 6.96. The molecule has 1 aromatic carbocycles. The van der Waals surface area contributed by atoms with Gasteiger partial charge < -0.3 is 25.0 Å². The maximum Gasteiger partial charge on any atom is 0.573 e. The number of carboxylic acids is 2. The Bertz CT molecular complexity index is 1430. The van der Waals surface area contributed by atoms with Gasteiger partial charge in [-0.15, -0.1) is 24.5 Å². The highest BCUT2D eigenvalue weighted by molar-refractivity contribution is 7.15. The van der Waals surface area contributed by atoms with Crippen LogP contribution in [-0.2, 0) is 10.3 Å². The number of carbonyl (C=O) groups is 3. The number of aromatic nitrogens is 1. The minimum Gasteiger partial charge on any atom is -0.491 e. The van der Waals surface area contributed by atoms with Crippen LogP contribution in [0.1, 0.15) is 37.0 Å². The average molecular weight is 596 g/mol. The lowest BCUT2D eigenvalue weighted by atomic mass is 9.81. The van der Waals surface area contributed by atoms with Gasteiger partial charge in [0.1, 0.15) is 21.9 Å². The van der Waals surface area contributed by atoms with Gasteiger partial charge in [0.25, 0.3) is 5.91 Å². The summed E-state index contributed by atoms with van der Waals surface area (Å²) in [4.78, 5) is 37.4. The van der Waals surface area contributed by atoms with Crippen LogP contribution in [0.2, 0.25) is 0 Å². The molecule has 4 rings (SSSR count). The minimum absolute atomic E-state index is 0.0561. The molecule has 0 radical (unpaired) electrons. The number of carboxylic acid groups (broad SMARTS) is 2. The SMILES string of the molecule is O=C(O)C(F)(F)F.O=C(O)c1ccc(C(=O)N[C@]2(c3ccc(OC(F)(F)F)c(F)c3)CCOc3cccnc32)s1. The van der Waals surface area contributed by atoms with Gasteiger partial charge in [-0.05, 0) is 42.0 Å². The Morgan fingerprint density at radius 1 is 1.02 bits per heavy atom. The number of rotatable bonds is 5. The van der Waals surface area contributed by atoms with Crippen molar-refractivity contribution in [2.24, 2.45) is 0 Å². The van der Waals surface area contributed by atoms with Crippen LogP contribution in [0.15, 0.2) is 48.7 Å². The molecule has 1 atom stereocenters. The monoisotopic (exact) mass is 596 g/mol. The maximum atomic E-state index is 14.6. The number of alkyl halides is 6. The molecule has 214 valence electrons. The number of thiophene rings is 1. The van der Waals surface area contributed by atoms with Crippen molar-refractivity contribution in [2.45, 2.75) is 24.5 Å². The number of benzene rings is 1. The second-order valence-electron chi connectivity index (χ2n) is 7.77. The number of aliphatic carboxylic acids is 1. The van der Waals surface area contributed by atoms with E-state index in [1.54, 1.807) is 12.1 Å². The highest BCUT2D eigenvalue weighted by Gasteiger charge is 2.44. The molecule has 1 aliphatic heterocycles. The van der Waals surface area contributed by atoms with Crippen LogP contribution < -0.4 is 14.8 Å². The maximum absolute atomic E-state index is 14.6. The van der Waals surface area contributed by atoms with Crippen molar-refractivity contribution in [1.29, 1.82) is 0 Å². The molecule has 17 heteroatoms. The number of amides is 1. The highest BCUT2D eigenvalue weighted by atomic mass is 32.1. The molecule has 0 unspecified atom stereocenters. The molecule has 40 heavy (non-hydrogen) atoms. The molecule has 3 aromatic rings. The van der Waals surface area contributed by atoms with Crippen molar-refractivity contribution in [1.82, 2.24) is 10.3 Å². The summed E-state index contributed by atoms with van der Waals surface area (Å²) in [5.74, 6) is -6.63. The number of hydrogen-bond acceptors (Lipinski definition) is 7. The standard InChI is InChI=1S/C21H14F4N2O5S.C2HF3O2/c22-12-10-11(3-4-13(12)32-21(23,24)25)20(7-9-31-14-2-1-8-26-17(14)20)27-18(28)15-5-6-16(33-15)19(29)30;3-2(4,5)1(6)7/h1-6,8,10H,7,9H2,(H,27,28)(H,29,30);(H,6,7)/t20-;/m0./s1. The van der Waals surface area contributed by atoms with Crippen LogP contribution in [0.3, 0.4) is 0 Å². The zero-order chi connectivity index (χ0) is 29.9. The molecule has 9 nitrogen and oxygen atoms in total. The van der Waals surface area contributed by atoms with E-state index in [1.165, 1.54) is 24.4 Å². The van der Waals surface area contributed by atoms with E-state index in [1.807, 2.05) is 0 Å². The van der Waals surface area contributed by atoms with Gasteiger partial charge in [0.2, 0.25) is 0 Å². The molecule has 0 saturated heterocycles. The molecule has 0 spiro atoms. The highest BCUT2D eigenvalue weighted by Crippen LogP contribution is 2.42. The molecule has 1 aliphatic rings. The van der Waals surface area contributed by atoms with Gasteiger partial charge in [-0.3, -0.25) is 9.78 Å². The lowest BCUT2D eigenvalue weighted by Gasteiger charge is -2.39. The molecular formula is C23H15F7N2O7S. The van der Waals surface area contributed by atoms with Crippen molar-refractivity contribution < 1.29 is 64.8 Å². The third-order valence-corrected chi connectivity index (χ3v) is 6.24. The summed E-state index contributed by atoms with van der Waals surface area (Å²) in [6.45, 7) is 0.0895. The van der Waals surface area contributed by atoms with E-state index in [9.17, 15) is 40.3 Å². The second kappa shape index (κ2) is 11.4. The van der Waals surface area contributed by atoms with E-state index >= 15 is 0 Å². The summed E-state index contributed by atoms with van der Waals surface area (Å²) >= 11 is 0.742. The van der Waals surface area contributed by atoms with Gasteiger partial charge >= 0.3 is 24.5 Å². The van der Waals surface area contributed by atoms with Crippen LogP contribution in [0.5, 0.6) is 11.5 Å². The van der Waals surface area contributed by atoms with Crippen molar-refractivity contribution in [3.63, 3.8) is 0 Å². The number of ether oxygens (including phenoxy) is 2. The first-order valence-corrected chi connectivity index (χ1v) is 11.4. The Balaban J connectivity index is 0.000000559. The first kappa shape index (κ1) is 30.1. The quantitative estimate of drug-likeness (QED) is 0.352. The molecular weight excluding hydrogens is 581 g/mol. The molecule has 2 aromatic heterocycles. The van der Waals surface area contributed by atoms with Gasteiger partial charge in [0, 0.05) is 12.6 Å². The lowest BCUT2D eigenvalue weighted by molar-refractivity contribution is -0.275. The first-order chi connectivity index (χ1) is 18.5. The summed E-state index contributed by atoms with van der Waals surface area (Å²) in [7, 11) is 0. The van der Waals surface area contributed by atoms with Crippen LogP contribution in [-0.4, -0.2) is 52.2 Å². The summed E-state index contributed by atoms with van der Waals surface area (Å²) in [5.41, 5.74) is -1.12. The predicted octanol–water partition coefficient (Wildman–Crippen LogP) is 4.97. The lowest BCUT2D eigenvalue weighted by Crippen LogP contribution is -2.50. The fraction of sp³-hybridized carbons (Fsp3) is 0.217. The number of aromatic carboxylic acids is 1. The third-order valence-electron chi connectivity index (χ3n) is 5.17. The van der Waals surface area contributed by atoms with Crippen molar-refractivity contribution >= 4 is 29.2 Å². The Hall–Kier alpha value is -4.41. The summed E-state index contributed by atoms with van der Waals surface area (Å²) in [5, 5.41) is 19.0. The van der Waals surface area contributed by atoms with E-state index in [4.69, 9.17) is 19.7 Å². The molecule has 0 aliphatic carbocycles. The largest absolute Gasteiger partial charge is 0.573 e. The van der Waals surface area contributed by atoms with E-state index < -0.39 is 47.5 Å². The molecule has 3 N–H and O–H groups in total. The predicted molar refractivity (Wildman–Crippen MR) is 121 cm³/mol. The van der Waals surface area contributed by atoms with Crippen LogP contribution in [0.4, 0.5) is 30.7 Å². The molecule has 0 saturated carbocycles. The number of carbonyl (C=O) groups excluding carboxylic acids is 1. The van der Waals surface area contributed by atoms with Gasteiger partial charge in [0.15, 0.2) is 11.6 Å². The zero-order valence-corrected chi connectivity index (χ0v) is 20.3. The summed E-state index contributed by atoms with van der Waals surface area (Å²) in [6.07, 6.45) is -8.65. The average Bonchev–Trinajstić information content (AvgIpc) is 3.36. The Morgan fingerprint density at radius 3 is 2.23 bits per heavy atom. The topological polar surface area (TPSA) is 135 Å². The number of halogens is 7. The van der Waals surface area contributed by atoms with Gasteiger partial charge in [-0.25, -0.2) is 14.0 Å². The number of nitrogens with one attached hydrogen (secondary N) is 1. The Kier molecular flexibility index (Phi) is 8.57. The fourth-order valence-corrected chi connectivity index (χ4v) is 4.28. The molecule has 0 bridgehead atoms. The van der Waals surface area contributed by atoms with Crippen molar-refractivity contribution in [3.8, 4) is 11.5 Å². The normalized spacial score (nSPS) is 16.5. The van der Waals surface area contributed by atoms with E-state index in [2.05, 4.69) is 15.0 Å². The van der Waals surface area contributed by atoms with Crippen LogP contribution >= 0.6 is 11.3 Å². The smallest absolute Gasteiger partial charge is 0.491 e. The van der Waals surface area contributed by atoms with Crippen molar-refractivity contribution in [3.05, 3.63) is 75.5 Å². The molecule has 0 fully saturated rings. The van der Waals surface area contributed by atoms with E-state index in [0.717, 1.165) is 23.5 Å². The molecule has 1 amide bonds. The fourth-order valence-electron chi connectivity index (χ4n) is 3.54. The minimum atomic E-state index is -5.08. The van der Waals surface area contributed by atoms with Gasteiger partial charge in [0.05, 0.1) is 11.5 Å². The second-order valence-corrected chi connectivity index (χ2v) is 8.86. The number of nitrogens with zero attached hydrogens (tertiary/aromatic N) is 1. The number of pyridine rings is 1. The van der Waals surface area contributed by atoms with Crippen LogP contribution in [0, 0.1) is 5.82 Å². The van der Waals surface area contributed by atoms with Crippen molar-refractivity contribution in [2.75, 3.05) is 6.61 Å².